The van der Waals surface area contributed by atoms with Crippen molar-refractivity contribution in [1.29, 1.82) is 0 Å². The van der Waals surface area contributed by atoms with E-state index in [2.05, 4.69) is 19.7 Å². The van der Waals surface area contributed by atoms with Crippen LogP contribution < -0.4 is 27.1 Å². The number of ether oxygens (including phenoxy) is 3. The monoisotopic (exact) mass is 987 g/mol. The van der Waals surface area contributed by atoms with Gasteiger partial charge in [0.1, 0.15) is 54.3 Å². The van der Waals surface area contributed by atoms with Crippen LogP contribution in [0.5, 0.6) is 34.5 Å². The molecule has 0 fully saturated rings. The van der Waals surface area contributed by atoms with E-state index in [1.807, 2.05) is 18.2 Å². The quantitative estimate of drug-likeness (QED) is 0.0290. The molecular formula is C51H48N3O12P3. The Hall–Kier alpha value is -7.56. The fraction of sp³-hybridized carbons (Fsp3) is 0.118. The molecule has 1 aliphatic heterocycles. The maximum absolute atomic E-state index is 12.7. The van der Waals surface area contributed by atoms with Crippen LogP contribution in [0.3, 0.4) is 0 Å². The van der Waals surface area contributed by atoms with Crippen LogP contribution in [0.2, 0.25) is 0 Å². The third-order valence-corrected chi connectivity index (χ3v) is 17.3. The number of esters is 3. The lowest BCUT2D eigenvalue weighted by molar-refractivity contribution is -0.141. The summed E-state index contributed by atoms with van der Waals surface area (Å²) in [6, 6.07) is 46.6. The molecule has 18 heteroatoms. The van der Waals surface area contributed by atoms with Crippen LogP contribution >= 0.6 is 23.0 Å². The molecule has 7 rings (SSSR count). The number of rotatable bonds is 21. The Labute approximate surface area is 400 Å². The van der Waals surface area contributed by atoms with Gasteiger partial charge in [0.05, 0.1) is 0 Å². The number of carbonyl (C=O) groups excluding carboxylic acids is 3. The van der Waals surface area contributed by atoms with Crippen LogP contribution in [0.15, 0.2) is 214 Å². The van der Waals surface area contributed by atoms with Gasteiger partial charge in [-0.1, -0.05) is 142 Å². The first kappa shape index (κ1) is 49.3. The lowest BCUT2D eigenvalue weighted by Gasteiger charge is -2.33. The van der Waals surface area contributed by atoms with Crippen LogP contribution in [0.4, 0.5) is 0 Å². The minimum Gasteiger partial charge on any atom is -0.457 e. The van der Waals surface area contributed by atoms with Crippen molar-refractivity contribution in [3.05, 3.63) is 217 Å². The molecule has 1 aliphatic rings. The van der Waals surface area contributed by atoms with Crippen LogP contribution in [-0.4, -0.2) is 17.9 Å². The van der Waals surface area contributed by atoms with Crippen molar-refractivity contribution in [3.63, 3.8) is 0 Å². The molecule has 0 bridgehead atoms. The van der Waals surface area contributed by atoms with Crippen LogP contribution in [0.1, 0.15) is 37.5 Å². The fourth-order valence-corrected chi connectivity index (χ4v) is 15.1. The number of carbonyl (C=O) groups is 3. The molecule has 1 heterocycles. The molecule has 0 saturated carbocycles. The summed E-state index contributed by atoms with van der Waals surface area (Å²) in [7, 11) is -13.3. The summed E-state index contributed by atoms with van der Waals surface area (Å²) in [6.07, 6.45) is 0. The number of hydrogen-bond donors (Lipinski definition) is 0. The number of hydrogen-bond acceptors (Lipinski definition) is 15. The van der Waals surface area contributed by atoms with Crippen molar-refractivity contribution in [3.8, 4) is 34.5 Å². The second kappa shape index (κ2) is 22.5. The molecule has 6 aromatic carbocycles. The van der Waals surface area contributed by atoms with Crippen LogP contribution in [0.25, 0.3) is 0 Å². The van der Waals surface area contributed by atoms with Crippen molar-refractivity contribution >= 4 is 40.9 Å². The Morgan fingerprint density at radius 1 is 0.362 bits per heavy atom. The number of benzene rings is 6. The Morgan fingerprint density at radius 3 is 0.841 bits per heavy atom. The van der Waals surface area contributed by atoms with E-state index in [4.69, 9.17) is 54.9 Å². The van der Waals surface area contributed by atoms with Gasteiger partial charge in [-0.15, -0.1) is 0 Å². The third kappa shape index (κ3) is 13.3. The van der Waals surface area contributed by atoms with E-state index >= 15 is 0 Å². The zero-order valence-electron chi connectivity index (χ0n) is 37.9. The van der Waals surface area contributed by atoms with Crippen LogP contribution in [0, 0.1) is 0 Å². The summed E-state index contributed by atoms with van der Waals surface area (Å²) in [5.41, 5.74) is 1.82. The van der Waals surface area contributed by atoms with E-state index in [-0.39, 0.29) is 71.0 Å². The summed E-state index contributed by atoms with van der Waals surface area (Å²) in [4.78, 5) is 38.2. The van der Waals surface area contributed by atoms with Crippen molar-refractivity contribution in [2.75, 3.05) is 0 Å². The first-order valence-electron chi connectivity index (χ1n) is 21.2. The average Bonchev–Trinajstić information content (AvgIpc) is 3.33. The molecule has 0 aromatic heterocycles. The second-order valence-electron chi connectivity index (χ2n) is 15.1. The minimum absolute atomic E-state index is 0.153. The van der Waals surface area contributed by atoms with Gasteiger partial charge in [-0.05, 0) is 75.4 Å². The van der Waals surface area contributed by atoms with Gasteiger partial charge in [0.25, 0.3) is 0 Å². The lowest BCUT2D eigenvalue weighted by atomic mass is 10.2. The molecule has 0 radical (unpaired) electrons. The highest BCUT2D eigenvalue weighted by Crippen LogP contribution is 2.79. The maximum Gasteiger partial charge on any atom is 0.460 e. The highest BCUT2D eigenvalue weighted by molar-refractivity contribution is 7.79. The fourth-order valence-electron chi connectivity index (χ4n) is 5.93. The highest BCUT2D eigenvalue weighted by Gasteiger charge is 2.49. The molecule has 0 spiro atoms. The predicted octanol–water partition coefficient (Wildman–Crippen LogP) is 14.2. The molecule has 0 amide bonds. The predicted molar refractivity (Wildman–Crippen MR) is 264 cm³/mol. The van der Waals surface area contributed by atoms with E-state index in [9.17, 15) is 14.4 Å². The Kier molecular flexibility index (Phi) is 16.1. The maximum atomic E-state index is 12.7. The summed E-state index contributed by atoms with van der Waals surface area (Å²) in [5, 5.41) is 0. The SMILES string of the molecule is C=C(C)C(=O)OCc1ccccc1OP1(Oc2ccccc2)=NP(Oc2ccccc2)(Oc2ccccc2COC(=O)C(=C)C)=NP(Oc2ccccc2)(Oc2ccccc2COC(=O)C(=C)C)=N1. The first-order valence-corrected chi connectivity index (χ1v) is 25.8. The molecule has 354 valence electrons. The Morgan fingerprint density at radius 2 is 0.594 bits per heavy atom. The molecule has 0 atom stereocenters. The molecule has 69 heavy (non-hydrogen) atoms. The topological polar surface area (TPSA) is 171 Å². The normalized spacial score (nSPS) is 18.0. The van der Waals surface area contributed by atoms with Gasteiger partial charge >= 0.3 is 40.9 Å². The molecule has 0 N–H and O–H groups in total. The van der Waals surface area contributed by atoms with Gasteiger partial charge in [-0.3, -0.25) is 0 Å². The third-order valence-electron chi connectivity index (χ3n) is 9.27. The van der Waals surface area contributed by atoms with Gasteiger partial charge in [-0.25, -0.2) is 14.4 Å². The van der Waals surface area contributed by atoms with Crippen molar-refractivity contribution in [2.24, 2.45) is 13.5 Å². The first-order chi connectivity index (χ1) is 33.2. The van der Waals surface area contributed by atoms with Gasteiger partial charge in [0.2, 0.25) is 0 Å². The van der Waals surface area contributed by atoms with Gasteiger partial charge in [0.15, 0.2) is 0 Å². The molecule has 6 aromatic rings. The molecule has 0 saturated heterocycles. The average molecular weight is 988 g/mol. The smallest absolute Gasteiger partial charge is 0.457 e. The molecular weight excluding hydrogens is 939 g/mol. The van der Waals surface area contributed by atoms with Crippen molar-refractivity contribution in [2.45, 2.75) is 40.6 Å². The van der Waals surface area contributed by atoms with E-state index in [1.165, 1.54) is 0 Å². The zero-order chi connectivity index (χ0) is 48.9. The van der Waals surface area contributed by atoms with Crippen molar-refractivity contribution < 1.29 is 55.7 Å². The van der Waals surface area contributed by atoms with Gasteiger partial charge in [0, 0.05) is 33.4 Å². The summed E-state index contributed by atoms with van der Waals surface area (Å²) < 4.78 is 74.7. The highest BCUT2D eigenvalue weighted by atomic mass is 31.3. The zero-order valence-corrected chi connectivity index (χ0v) is 40.6. The van der Waals surface area contributed by atoms with Crippen LogP contribution in [-0.2, 0) is 48.4 Å². The van der Waals surface area contributed by atoms with E-state index in [0.29, 0.717) is 16.7 Å². The molecule has 15 nitrogen and oxygen atoms in total. The summed E-state index contributed by atoms with van der Waals surface area (Å²) in [6.45, 7) is 15.1. The second-order valence-corrected chi connectivity index (χ2v) is 21.3. The molecule has 0 unspecified atom stereocenters. The number of nitrogens with zero attached hydrogens (tertiary/aromatic N) is 3. The van der Waals surface area contributed by atoms with Crippen molar-refractivity contribution in [1.82, 2.24) is 0 Å². The summed E-state index contributed by atoms with van der Waals surface area (Å²) >= 11 is 0. The van der Waals surface area contributed by atoms with Gasteiger partial charge < -0.3 is 41.4 Å². The standard InChI is InChI=1S/C51H48N3O12P3/c1-37(2)49(55)58-34-40-22-16-19-31-46(40)64-67(61-43-25-10-7-11-26-43)52-68(62-44-27-12-8-13-28-44,65-47-32-20-17-23-41(47)35-59-50(56)38(3)4)54-69(53-67,63-45-29-14-9-15-30-45)66-48-33-21-18-24-42(48)36-60-51(57)39(5)6/h7-33H,1,3,5,34-36H2,2,4,6H3. The lowest BCUT2D eigenvalue weighted by Crippen LogP contribution is -2.13. The number of para-hydroxylation sites is 6. The Balaban J connectivity index is 1.56. The molecule has 0 aliphatic carbocycles. The van der Waals surface area contributed by atoms with E-state index < -0.39 is 40.9 Å². The minimum atomic E-state index is -4.43. The van der Waals surface area contributed by atoms with Gasteiger partial charge in [-0.2, -0.15) is 0 Å². The summed E-state index contributed by atoms with van der Waals surface area (Å²) in [5.74, 6) is -0.606. The Bertz CT molecular complexity index is 2710. The van der Waals surface area contributed by atoms with E-state index in [0.717, 1.165) is 0 Å². The largest absolute Gasteiger partial charge is 0.460 e. The van der Waals surface area contributed by atoms with E-state index in [1.54, 1.807) is 166 Å².